The Morgan fingerprint density at radius 3 is 2.59 bits per heavy atom. The van der Waals surface area contributed by atoms with Crippen LogP contribution in [0.15, 0.2) is 48.1 Å². The van der Waals surface area contributed by atoms with E-state index < -0.39 is 11.8 Å². The van der Waals surface area contributed by atoms with Gasteiger partial charge in [0.25, 0.3) is 0 Å². The van der Waals surface area contributed by atoms with Gasteiger partial charge in [-0.3, -0.25) is 0 Å². The van der Waals surface area contributed by atoms with E-state index in [0.29, 0.717) is 0 Å². The summed E-state index contributed by atoms with van der Waals surface area (Å²) in [5, 5.41) is -0.203. The minimum absolute atomic E-state index is 0.148. The first-order valence-corrected chi connectivity index (χ1v) is 7.49. The van der Waals surface area contributed by atoms with Crippen molar-refractivity contribution in [3.8, 4) is 5.75 Å². The Hall–Kier alpha value is -1.88. The Labute approximate surface area is 136 Å². The quantitative estimate of drug-likeness (QED) is 0.674. The molecule has 0 amide bonds. The smallest absolute Gasteiger partial charge is 0.497 e. The fourth-order valence-electron chi connectivity index (χ4n) is 2.03. The number of thiol groups is 1. The van der Waals surface area contributed by atoms with E-state index in [1.807, 2.05) is 49.4 Å². The topological polar surface area (TPSA) is 44.8 Å². The van der Waals surface area contributed by atoms with Gasteiger partial charge in [-0.1, -0.05) is 29.9 Å². The fourth-order valence-corrected chi connectivity index (χ4v) is 2.41. The Balaban J connectivity index is 1.89. The highest BCUT2D eigenvalue weighted by Crippen LogP contribution is 2.29. The minimum Gasteiger partial charge on any atom is -0.497 e. The van der Waals surface area contributed by atoms with Crippen molar-refractivity contribution in [3.63, 3.8) is 0 Å². The lowest BCUT2D eigenvalue weighted by molar-refractivity contribution is -0.00294. The van der Waals surface area contributed by atoms with E-state index in [4.69, 9.17) is 14.2 Å². The monoisotopic (exact) mass is 320 g/mol. The first-order chi connectivity index (χ1) is 10.4. The summed E-state index contributed by atoms with van der Waals surface area (Å²) in [6.07, 6.45) is 4.97. The molecule has 5 heteroatoms. The average Bonchev–Trinajstić information content (AvgIpc) is 2.50. The van der Waals surface area contributed by atoms with Crippen LogP contribution < -0.4 is 4.74 Å². The van der Waals surface area contributed by atoms with Crippen LogP contribution in [0.4, 0.5) is 4.79 Å². The highest BCUT2D eigenvalue weighted by molar-refractivity contribution is 7.81. The van der Waals surface area contributed by atoms with Gasteiger partial charge in [0.2, 0.25) is 0 Å². The molecule has 118 valence electrons. The van der Waals surface area contributed by atoms with Gasteiger partial charge >= 0.3 is 6.16 Å². The van der Waals surface area contributed by atoms with Crippen LogP contribution in [0.1, 0.15) is 19.4 Å². The number of ether oxygens (including phenoxy) is 3. The number of hydrogen-bond donors (Lipinski definition) is 1. The first-order valence-electron chi connectivity index (χ1n) is 6.97. The second-order valence-corrected chi connectivity index (χ2v) is 5.92. The summed E-state index contributed by atoms with van der Waals surface area (Å²) in [6.45, 7) is 3.93. The van der Waals surface area contributed by atoms with Crippen molar-refractivity contribution in [3.05, 3.63) is 53.6 Å². The van der Waals surface area contributed by atoms with Crippen molar-refractivity contribution in [1.82, 2.24) is 0 Å². The van der Waals surface area contributed by atoms with Crippen LogP contribution >= 0.6 is 12.6 Å². The minimum atomic E-state index is -0.806. The van der Waals surface area contributed by atoms with Gasteiger partial charge in [0.05, 0.1) is 12.4 Å². The molecule has 22 heavy (non-hydrogen) atoms. The molecule has 2 unspecified atom stereocenters. The van der Waals surface area contributed by atoms with E-state index in [2.05, 4.69) is 12.6 Å². The first kappa shape index (κ1) is 16.5. The van der Waals surface area contributed by atoms with Crippen LogP contribution in [0.3, 0.4) is 0 Å². The number of methoxy groups -OCH3 is 1. The predicted octanol–water partition coefficient (Wildman–Crippen LogP) is 3.92. The summed E-state index contributed by atoms with van der Waals surface area (Å²) in [7, 11) is 1.60. The molecule has 0 aliphatic heterocycles. The zero-order chi connectivity index (χ0) is 16.2. The fraction of sp³-hybridized carbons (Fsp3) is 0.353. The second-order valence-electron chi connectivity index (χ2n) is 5.36. The molecule has 0 fully saturated rings. The zero-order valence-corrected chi connectivity index (χ0v) is 13.8. The van der Waals surface area contributed by atoms with E-state index in [9.17, 15) is 4.79 Å². The lowest BCUT2D eigenvalue weighted by Crippen LogP contribution is -2.39. The molecule has 0 N–H and O–H groups in total. The molecule has 0 saturated heterocycles. The van der Waals surface area contributed by atoms with Gasteiger partial charge < -0.3 is 14.2 Å². The molecule has 4 nitrogen and oxygen atoms in total. The van der Waals surface area contributed by atoms with Gasteiger partial charge in [0.1, 0.15) is 18.0 Å². The molecule has 0 radical (unpaired) electrons. The van der Waals surface area contributed by atoms with E-state index in [1.54, 1.807) is 14.0 Å². The molecule has 0 spiro atoms. The zero-order valence-electron chi connectivity index (χ0n) is 12.9. The number of rotatable bonds is 4. The molecular weight excluding hydrogens is 300 g/mol. The number of allylic oxidation sites excluding steroid dienone is 2. The van der Waals surface area contributed by atoms with Crippen molar-refractivity contribution in [2.75, 3.05) is 7.11 Å². The molecular formula is C17H20O4S. The van der Waals surface area contributed by atoms with E-state index in [1.165, 1.54) is 0 Å². The summed E-state index contributed by atoms with van der Waals surface area (Å²) in [5.74, 6) is 0.756. The third kappa shape index (κ3) is 4.07. The lowest BCUT2D eigenvalue weighted by atomic mass is 9.94. The molecule has 1 aromatic rings. The molecule has 1 aromatic carbocycles. The molecule has 1 aliphatic rings. The lowest BCUT2D eigenvalue weighted by Gasteiger charge is -2.32. The normalized spacial score (nSPS) is 23.6. The maximum atomic E-state index is 11.9. The van der Waals surface area contributed by atoms with Crippen molar-refractivity contribution in [2.24, 2.45) is 0 Å². The Bertz CT molecular complexity index is 591. The van der Waals surface area contributed by atoms with E-state index in [0.717, 1.165) is 16.9 Å². The van der Waals surface area contributed by atoms with Crippen molar-refractivity contribution < 1.29 is 19.0 Å². The largest absolute Gasteiger partial charge is 0.509 e. The highest BCUT2D eigenvalue weighted by Gasteiger charge is 2.34. The maximum Gasteiger partial charge on any atom is 0.509 e. The van der Waals surface area contributed by atoms with Crippen LogP contribution in [0, 0.1) is 0 Å². The molecule has 0 heterocycles. The van der Waals surface area contributed by atoms with Gasteiger partial charge in [0.15, 0.2) is 0 Å². The van der Waals surface area contributed by atoms with Gasteiger partial charge in [-0.25, -0.2) is 4.79 Å². The Morgan fingerprint density at radius 2 is 2.00 bits per heavy atom. The summed E-state index contributed by atoms with van der Waals surface area (Å²) >= 11 is 4.46. The maximum absolute atomic E-state index is 11.9. The van der Waals surface area contributed by atoms with Crippen LogP contribution in [-0.4, -0.2) is 24.1 Å². The van der Waals surface area contributed by atoms with Gasteiger partial charge in [-0.2, -0.15) is 12.6 Å². The van der Waals surface area contributed by atoms with Crippen molar-refractivity contribution in [1.29, 1.82) is 0 Å². The van der Waals surface area contributed by atoms with Crippen molar-refractivity contribution >= 4 is 18.8 Å². The van der Waals surface area contributed by atoms with Crippen LogP contribution in [0.5, 0.6) is 5.75 Å². The summed E-state index contributed by atoms with van der Waals surface area (Å²) in [6, 6.07) is 7.29. The molecule has 2 rings (SSSR count). The van der Waals surface area contributed by atoms with Gasteiger partial charge in [-0.15, -0.1) is 0 Å². The molecule has 0 saturated carbocycles. The molecule has 0 aromatic heterocycles. The second kappa shape index (κ2) is 6.92. The molecule has 0 bridgehead atoms. The van der Waals surface area contributed by atoms with E-state index in [-0.39, 0.29) is 11.9 Å². The number of benzene rings is 1. The van der Waals surface area contributed by atoms with E-state index >= 15 is 0 Å². The van der Waals surface area contributed by atoms with Crippen LogP contribution in [0.2, 0.25) is 0 Å². The highest BCUT2D eigenvalue weighted by atomic mass is 32.1. The average molecular weight is 320 g/mol. The number of carbonyl (C=O) groups excluding carboxylic acids is 1. The predicted molar refractivity (Wildman–Crippen MR) is 88.3 cm³/mol. The van der Waals surface area contributed by atoms with Crippen molar-refractivity contribution in [2.45, 2.75) is 31.3 Å². The third-order valence-electron chi connectivity index (χ3n) is 3.50. The Kier molecular flexibility index (Phi) is 5.19. The third-order valence-corrected chi connectivity index (χ3v) is 4.17. The summed E-state index contributed by atoms with van der Waals surface area (Å²) in [4.78, 5) is 11.9. The van der Waals surface area contributed by atoms with Gasteiger partial charge in [-0.05, 0) is 37.6 Å². The number of carbonyl (C=O) groups is 1. The summed E-state index contributed by atoms with van der Waals surface area (Å²) < 4.78 is 15.6. The van der Waals surface area contributed by atoms with Gasteiger partial charge in [0, 0.05) is 0 Å². The summed E-state index contributed by atoms with van der Waals surface area (Å²) in [5.41, 5.74) is 1.15. The Morgan fingerprint density at radius 1 is 1.32 bits per heavy atom. The van der Waals surface area contributed by atoms with Crippen LogP contribution in [-0.2, 0) is 16.1 Å². The standard InChI is InChI=1S/C17H20O4S/c1-12-8-9-17(2,15(22)10-12)21-16(18)20-11-13-4-6-14(19-3)7-5-13/h4-10,15,22H,11H2,1-3H3. The molecule has 2 atom stereocenters. The SMILES string of the molecule is COc1ccc(COC(=O)OC2(C)C=CC(C)=CC2S)cc1. The molecule has 1 aliphatic carbocycles. The number of hydrogen-bond acceptors (Lipinski definition) is 5. The van der Waals surface area contributed by atoms with Crippen LogP contribution in [0.25, 0.3) is 0 Å².